The number of nitrogens with one attached hydrogen (secondary N) is 2. The monoisotopic (exact) mass is 416 g/mol. The number of urea groups is 1. The quantitative estimate of drug-likeness (QED) is 0.531. The molecule has 2 amide bonds. The van der Waals surface area contributed by atoms with Crippen molar-refractivity contribution < 1.29 is 28.3 Å². The van der Waals surface area contributed by atoms with Gasteiger partial charge >= 0.3 is 18.0 Å². The second kappa shape index (κ2) is 9.24. The Morgan fingerprint density at radius 1 is 1.28 bits per heavy atom. The number of rotatable bonds is 7. The van der Waals surface area contributed by atoms with Crippen molar-refractivity contribution in [2.24, 2.45) is 0 Å². The first-order valence-electron chi connectivity index (χ1n) is 8.89. The Balaban J connectivity index is 1.83. The number of hydrogen-bond acceptors (Lipinski definition) is 7. The lowest BCUT2D eigenvalue weighted by Gasteiger charge is -2.27. The van der Waals surface area contributed by atoms with E-state index in [1.807, 2.05) is 16.8 Å². The maximum Gasteiger partial charge on any atom is 0.338 e. The fourth-order valence-corrected chi connectivity index (χ4v) is 3.36. The minimum Gasteiger partial charge on any atom is -0.464 e. The summed E-state index contributed by atoms with van der Waals surface area (Å²) in [5.41, 5.74) is 1.14. The average molecular weight is 416 g/mol. The van der Waals surface area contributed by atoms with Gasteiger partial charge in [-0.15, -0.1) is 0 Å². The molecule has 0 saturated carbocycles. The maximum atomic E-state index is 12.6. The molecule has 9 heteroatoms. The summed E-state index contributed by atoms with van der Waals surface area (Å²) in [6.45, 7) is 3.28. The number of esters is 2. The molecule has 152 valence electrons. The van der Waals surface area contributed by atoms with Crippen molar-refractivity contribution in [2.75, 3.05) is 13.2 Å². The van der Waals surface area contributed by atoms with Gasteiger partial charge in [0.1, 0.15) is 24.2 Å². The molecule has 2 aromatic heterocycles. The predicted molar refractivity (Wildman–Crippen MR) is 106 cm³/mol. The van der Waals surface area contributed by atoms with Crippen LogP contribution in [0.25, 0.3) is 6.08 Å². The van der Waals surface area contributed by atoms with Crippen LogP contribution in [-0.4, -0.2) is 31.2 Å². The summed E-state index contributed by atoms with van der Waals surface area (Å²) >= 11 is 1.51. The summed E-state index contributed by atoms with van der Waals surface area (Å²) in [5.74, 6) is -0.242. The van der Waals surface area contributed by atoms with Gasteiger partial charge in [0.25, 0.3) is 0 Å². The number of thiophene rings is 1. The summed E-state index contributed by atoms with van der Waals surface area (Å²) < 4.78 is 15.9. The standard InChI is InChI=1S/C20H20N2O6S/c1-3-26-19(24)17-14(10-27-16(23)7-5-13-8-9-29-11-13)21-20(25)22-18(17)15-6-4-12(2)28-15/h4-9,11,18H,3,10H2,1-2H3,(H2,21,22,25)/b7-5+. The molecule has 2 N–H and O–H groups in total. The number of carbonyl (C=O) groups excluding carboxylic acids is 3. The highest BCUT2D eigenvalue weighted by Gasteiger charge is 2.35. The second-order valence-corrected chi connectivity index (χ2v) is 6.87. The Hall–Kier alpha value is -3.33. The molecule has 29 heavy (non-hydrogen) atoms. The van der Waals surface area contributed by atoms with E-state index in [9.17, 15) is 14.4 Å². The lowest BCUT2D eigenvalue weighted by molar-refractivity contribution is -0.140. The van der Waals surface area contributed by atoms with E-state index in [1.165, 1.54) is 17.4 Å². The predicted octanol–water partition coefficient (Wildman–Crippen LogP) is 3.08. The van der Waals surface area contributed by atoms with Gasteiger partial charge in [-0.1, -0.05) is 0 Å². The Labute approximate surface area is 171 Å². The van der Waals surface area contributed by atoms with Crippen LogP contribution in [0.15, 0.2) is 50.7 Å². The number of ether oxygens (including phenoxy) is 2. The zero-order valence-electron chi connectivity index (χ0n) is 15.9. The summed E-state index contributed by atoms with van der Waals surface area (Å²) in [5, 5.41) is 8.94. The van der Waals surface area contributed by atoms with Crippen molar-refractivity contribution in [1.82, 2.24) is 10.6 Å². The minimum atomic E-state index is -0.855. The molecule has 0 radical (unpaired) electrons. The van der Waals surface area contributed by atoms with Gasteiger partial charge in [-0.2, -0.15) is 11.3 Å². The van der Waals surface area contributed by atoms with Crippen molar-refractivity contribution in [3.8, 4) is 0 Å². The number of amides is 2. The van der Waals surface area contributed by atoms with Gasteiger partial charge in [-0.3, -0.25) is 0 Å². The van der Waals surface area contributed by atoms with Crippen LogP contribution in [0.2, 0.25) is 0 Å². The van der Waals surface area contributed by atoms with Crippen LogP contribution < -0.4 is 10.6 Å². The van der Waals surface area contributed by atoms with Crippen LogP contribution >= 0.6 is 11.3 Å². The topological polar surface area (TPSA) is 107 Å². The lowest BCUT2D eigenvalue weighted by Crippen LogP contribution is -2.47. The van der Waals surface area contributed by atoms with Gasteiger partial charge in [0.15, 0.2) is 0 Å². The summed E-state index contributed by atoms with van der Waals surface area (Å²) in [6.07, 6.45) is 2.90. The van der Waals surface area contributed by atoms with Crippen LogP contribution in [0.1, 0.15) is 30.0 Å². The summed E-state index contributed by atoms with van der Waals surface area (Å²) in [6, 6.07) is 3.85. The largest absolute Gasteiger partial charge is 0.464 e. The van der Waals surface area contributed by atoms with E-state index < -0.39 is 24.0 Å². The van der Waals surface area contributed by atoms with Crippen molar-refractivity contribution >= 4 is 35.4 Å². The van der Waals surface area contributed by atoms with Gasteiger partial charge in [-0.25, -0.2) is 14.4 Å². The zero-order chi connectivity index (χ0) is 20.8. The summed E-state index contributed by atoms with van der Waals surface area (Å²) in [4.78, 5) is 36.7. The molecular formula is C20H20N2O6S. The molecule has 0 aromatic carbocycles. The van der Waals surface area contributed by atoms with E-state index in [-0.39, 0.29) is 24.5 Å². The molecule has 0 aliphatic carbocycles. The van der Waals surface area contributed by atoms with Gasteiger partial charge in [-0.05, 0) is 54.4 Å². The molecule has 1 aliphatic rings. The third-order valence-corrected chi connectivity index (χ3v) is 4.71. The number of aryl methyl sites for hydroxylation is 1. The number of carbonyl (C=O) groups is 3. The summed E-state index contributed by atoms with van der Waals surface area (Å²) in [7, 11) is 0. The highest BCUT2D eigenvalue weighted by atomic mass is 32.1. The smallest absolute Gasteiger partial charge is 0.338 e. The highest BCUT2D eigenvalue weighted by molar-refractivity contribution is 7.08. The molecule has 8 nitrogen and oxygen atoms in total. The van der Waals surface area contributed by atoms with Crippen LogP contribution in [0, 0.1) is 6.92 Å². The lowest BCUT2D eigenvalue weighted by atomic mass is 10.0. The van der Waals surface area contributed by atoms with Crippen molar-refractivity contribution in [1.29, 1.82) is 0 Å². The molecule has 1 atom stereocenters. The second-order valence-electron chi connectivity index (χ2n) is 6.09. The molecule has 1 aliphatic heterocycles. The highest BCUT2D eigenvalue weighted by Crippen LogP contribution is 2.29. The SMILES string of the molecule is CCOC(=O)C1=C(COC(=O)/C=C/c2ccsc2)NC(=O)NC1c1ccc(C)o1. The molecule has 0 spiro atoms. The molecule has 3 rings (SSSR count). The third-order valence-electron chi connectivity index (χ3n) is 4.01. The van der Waals surface area contributed by atoms with Crippen molar-refractivity contribution in [3.05, 3.63) is 63.4 Å². The van der Waals surface area contributed by atoms with Gasteiger partial charge < -0.3 is 24.5 Å². The van der Waals surface area contributed by atoms with Crippen LogP contribution in [-0.2, 0) is 19.1 Å². The first kappa shape index (κ1) is 20.4. The molecule has 3 heterocycles. The molecule has 2 aromatic rings. The van der Waals surface area contributed by atoms with E-state index in [1.54, 1.807) is 32.1 Å². The van der Waals surface area contributed by atoms with E-state index >= 15 is 0 Å². The Morgan fingerprint density at radius 3 is 2.76 bits per heavy atom. The van der Waals surface area contributed by atoms with Crippen molar-refractivity contribution in [3.63, 3.8) is 0 Å². The molecule has 0 saturated heterocycles. The Bertz CT molecular complexity index is 958. The molecule has 0 bridgehead atoms. The van der Waals surface area contributed by atoms with Crippen molar-refractivity contribution in [2.45, 2.75) is 19.9 Å². The average Bonchev–Trinajstić information content (AvgIpc) is 3.36. The van der Waals surface area contributed by atoms with Crippen LogP contribution in [0.3, 0.4) is 0 Å². The molecular weight excluding hydrogens is 396 g/mol. The normalized spacial score (nSPS) is 16.5. The van der Waals surface area contributed by atoms with Crippen LogP contribution in [0.5, 0.6) is 0 Å². The van der Waals surface area contributed by atoms with E-state index in [2.05, 4.69) is 10.6 Å². The van der Waals surface area contributed by atoms with E-state index in [0.29, 0.717) is 11.5 Å². The number of hydrogen-bond donors (Lipinski definition) is 2. The van der Waals surface area contributed by atoms with Crippen LogP contribution in [0.4, 0.5) is 4.79 Å². The fourth-order valence-electron chi connectivity index (χ4n) is 2.73. The van der Waals surface area contributed by atoms with E-state index in [0.717, 1.165) is 5.56 Å². The first-order valence-corrected chi connectivity index (χ1v) is 9.83. The first-order chi connectivity index (χ1) is 14.0. The fraction of sp³-hybridized carbons (Fsp3) is 0.250. The number of furan rings is 1. The zero-order valence-corrected chi connectivity index (χ0v) is 16.7. The minimum absolute atomic E-state index is 0.121. The van der Waals surface area contributed by atoms with E-state index in [4.69, 9.17) is 13.9 Å². The Morgan fingerprint density at radius 2 is 2.10 bits per heavy atom. The Kier molecular flexibility index (Phi) is 6.50. The van der Waals surface area contributed by atoms with Gasteiger partial charge in [0, 0.05) is 6.08 Å². The van der Waals surface area contributed by atoms with Gasteiger partial charge in [0.2, 0.25) is 0 Å². The molecule has 1 unspecified atom stereocenters. The maximum absolute atomic E-state index is 12.6. The third kappa shape index (κ3) is 5.14. The molecule has 0 fully saturated rings. The van der Waals surface area contributed by atoms with Gasteiger partial charge in [0.05, 0.1) is 17.9 Å².